The van der Waals surface area contributed by atoms with E-state index < -0.39 is 18.1 Å². The number of methoxy groups -OCH3 is 1. The van der Waals surface area contributed by atoms with Gasteiger partial charge in [-0.15, -0.1) is 12.4 Å². The monoisotopic (exact) mass is 614 g/mol. The molecule has 0 spiro atoms. The Morgan fingerprint density at radius 1 is 1.02 bits per heavy atom. The average Bonchev–Trinajstić information content (AvgIpc) is 2.92. The zero-order chi connectivity index (χ0) is 28.5. The molecule has 8 nitrogen and oxygen atoms in total. The van der Waals surface area contributed by atoms with Crippen molar-refractivity contribution in [1.29, 1.82) is 0 Å². The van der Waals surface area contributed by atoms with Crippen molar-refractivity contribution < 1.29 is 28.7 Å². The minimum absolute atomic E-state index is 0. The minimum Gasteiger partial charge on any atom is -0.497 e. The summed E-state index contributed by atoms with van der Waals surface area (Å²) in [4.78, 5) is 30.1. The van der Waals surface area contributed by atoms with Gasteiger partial charge in [0.25, 0.3) is 0 Å². The molecule has 1 unspecified atom stereocenters. The van der Waals surface area contributed by atoms with E-state index in [1.165, 1.54) is 6.92 Å². The zero-order valence-corrected chi connectivity index (χ0v) is 26.1. The van der Waals surface area contributed by atoms with Gasteiger partial charge in [-0.1, -0.05) is 68.1 Å². The summed E-state index contributed by atoms with van der Waals surface area (Å²) >= 11 is 2.15. The molecule has 11 heteroatoms. The summed E-state index contributed by atoms with van der Waals surface area (Å²) in [5.41, 5.74) is 2.03. The third-order valence-corrected chi connectivity index (χ3v) is 7.62. The van der Waals surface area contributed by atoms with Gasteiger partial charge in [0.1, 0.15) is 5.75 Å². The van der Waals surface area contributed by atoms with E-state index in [0.29, 0.717) is 37.0 Å². The fourth-order valence-corrected chi connectivity index (χ4v) is 5.10. The number of carbonyl (C=O) groups excluding carboxylic acids is 2. The van der Waals surface area contributed by atoms with Gasteiger partial charge in [-0.2, -0.15) is 4.33 Å². The lowest BCUT2D eigenvalue weighted by atomic mass is 10.00. The van der Waals surface area contributed by atoms with E-state index in [-0.39, 0.29) is 30.0 Å². The summed E-state index contributed by atoms with van der Waals surface area (Å²) < 4.78 is 10.5. The van der Waals surface area contributed by atoms with Crippen molar-refractivity contribution in [2.45, 2.75) is 52.3 Å². The summed E-state index contributed by atoms with van der Waals surface area (Å²) in [5, 5.41) is 17.4. The van der Waals surface area contributed by atoms with E-state index >= 15 is 0 Å². The fourth-order valence-electron chi connectivity index (χ4n) is 3.62. The van der Waals surface area contributed by atoms with Crippen LogP contribution in [0.3, 0.4) is 0 Å². The highest BCUT2D eigenvalue weighted by Crippen LogP contribution is 2.18. The van der Waals surface area contributed by atoms with E-state index in [0.717, 1.165) is 47.1 Å². The van der Waals surface area contributed by atoms with Gasteiger partial charge in [-0.3, -0.25) is 9.59 Å². The first-order valence-corrected chi connectivity index (χ1v) is 15.1. The van der Waals surface area contributed by atoms with E-state index in [1.54, 1.807) is 7.11 Å². The van der Waals surface area contributed by atoms with E-state index in [9.17, 15) is 14.7 Å². The van der Waals surface area contributed by atoms with Gasteiger partial charge in [0.05, 0.1) is 31.8 Å². The predicted octanol–water partition coefficient (Wildman–Crippen LogP) is 4.83. The Hall–Kier alpha value is -1.79. The maximum Gasteiger partial charge on any atom is 0.225 e. The largest absolute Gasteiger partial charge is 0.497 e. The van der Waals surface area contributed by atoms with Gasteiger partial charge in [-0.05, 0) is 42.0 Å². The first-order chi connectivity index (χ1) is 18.8. The average molecular weight is 615 g/mol. The molecule has 0 saturated carbocycles. The molecule has 1 amide bonds. The van der Waals surface area contributed by atoms with Crippen molar-refractivity contribution in [2.75, 3.05) is 31.8 Å². The molecule has 224 valence electrons. The molecule has 40 heavy (non-hydrogen) atoms. The SMILES string of the molecule is COc1cccc(CNC[C@@H](O)[C@H](Cc2ccccc2)NC(=O)C(CSOOCCC(C)C)CSC(C)=O)c1.Cl. The van der Waals surface area contributed by atoms with Gasteiger partial charge >= 0.3 is 0 Å². The number of nitrogens with one attached hydrogen (secondary N) is 2. The van der Waals surface area contributed by atoms with Crippen molar-refractivity contribution in [3.63, 3.8) is 0 Å². The molecule has 3 N–H and O–H groups in total. The van der Waals surface area contributed by atoms with Gasteiger partial charge in [-0.25, -0.2) is 4.89 Å². The second kappa shape index (κ2) is 21.0. The molecule has 3 atom stereocenters. The van der Waals surface area contributed by atoms with Crippen LogP contribution in [0.4, 0.5) is 0 Å². The fraction of sp³-hybridized carbons (Fsp3) is 0.517. The molecule has 0 fully saturated rings. The minimum atomic E-state index is -0.843. The summed E-state index contributed by atoms with van der Waals surface area (Å²) in [6, 6.07) is 16.9. The molecule has 0 aliphatic heterocycles. The van der Waals surface area contributed by atoms with Crippen LogP contribution in [-0.4, -0.2) is 60.0 Å². The van der Waals surface area contributed by atoms with Crippen molar-refractivity contribution in [3.8, 4) is 5.75 Å². The lowest BCUT2D eigenvalue weighted by Crippen LogP contribution is -2.50. The quantitative estimate of drug-likeness (QED) is 0.0887. The highest BCUT2D eigenvalue weighted by Gasteiger charge is 2.27. The third-order valence-electron chi connectivity index (χ3n) is 5.91. The molecule has 0 radical (unpaired) electrons. The van der Waals surface area contributed by atoms with Crippen molar-refractivity contribution in [2.24, 2.45) is 11.8 Å². The first-order valence-electron chi connectivity index (χ1n) is 13.2. The Morgan fingerprint density at radius 3 is 2.42 bits per heavy atom. The number of benzene rings is 2. The molecule has 0 bridgehead atoms. The molecule has 0 aromatic heterocycles. The highest BCUT2D eigenvalue weighted by molar-refractivity contribution is 8.13. The van der Waals surface area contributed by atoms with Crippen LogP contribution in [-0.2, 0) is 31.8 Å². The Labute approximate surface area is 253 Å². The standard InChI is InChI=1S/C29H42N2O6S2.ClH/c1-21(2)13-14-36-37-39-20-25(19-38-22(3)32)29(34)31-27(16-23-9-6-5-7-10-23)28(33)18-30-17-24-11-8-12-26(15-24)35-4;/h5-12,15,21,25,27-28,30,33H,13-14,16-20H2,1-4H3,(H,31,34);1H/t25?,27-,28+;/m0./s1. The summed E-state index contributed by atoms with van der Waals surface area (Å²) in [6.07, 6.45) is 0.489. The van der Waals surface area contributed by atoms with Gasteiger partial charge < -0.3 is 20.5 Å². The predicted molar refractivity (Wildman–Crippen MR) is 166 cm³/mol. The molecule has 2 rings (SSSR count). The number of rotatable bonds is 19. The number of hydrogen-bond acceptors (Lipinski definition) is 9. The molecule has 0 heterocycles. The Bertz CT molecular complexity index is 986. The molecule has 0 aliphatic rings. The Balaban J connectivity index is 0.00000800. The summed E-state index contributed by atoms with van der Waals surface area (Å²) in [5.74, 6) is 1.15. The second-order valence-electron chi connectivity index (χ2n) is 9.71. The molecular formula is C29H43ClN2O6S2. The third kappa shape index (κ3) is 15.3. The molecule has 2 aromatic carbocycles. The number of aliphatic hydroxyl groups is 1. The van der Waals surface area contributed by atoms with Crippen LogP contribution in [0.2, 0.25) is 0 Å². The number of aliphatic hydroxyl groups excluding tert-OH is 1. The molecule has 2 aromatic rings. The van der Waals surface area contributed by atoms with Crippen LogP contribution < -0.4 is 15.4 Å². The lowest BCUT2D eigenvalue weighted by Gasteiger charge is -2.27. The van der Waals surface area contributed by atoms with E-state index in [2.05, 4.69) is 24.5 Å². The molecule has 0 aliphatic carbocycles. The molecule has 0 saturated heterocycles. The van der Waals surface area contributed by atoms with Crippen LogP contribution in [0.5, 0.6) is 5.75 Å². The van der Waals surface area contributed by atoms with Crippen LogP contribution in [0, 0.1) is 11.8 Å². The normalized spacial score (nSPS) is 13.2. The Morgan fingerprint density at radius 2 is 1.75 bits per heavy atom. The van der Waals surface area contributed by atoms with Gasteiger partial charge in [0.2, 0.25) is 5.91 Å². The van der Waals surface area contributed by atoms with Crippen molar-refractivity contribution in [1.82, 2.24) is 10.6 Å². The number of carbonyl (C=O) groups is 2. The second-order valence-corrected chi connectivity index (χ2v) is 11.6. The highest BCUT2D eigenvalue weighted by atomic mass is 35.5. The van der Waals surface area contributed by atoms with Crippen LogP contribution >= 0.6 is 36.2 Å². The van der Waals surface area contributed by atoms with Crippen molar-refractivity contribution >= 4 is 47.2 Å². The smallest absolute Gasteiger partial charge is 0.225 e. The maximum absolute atomic E-state index is 13.3. The summed E-state index contributed by atoms with van der Waals surface area (Å²) in [7, 11) is 1.62. The van der Waals surface area contributed by atoms with Gasteiger partial charge in [0, 0.05) is 43.6 Å². The number of amides is 1. The number of thioether (sulfide) groups is 1. The number of ether oxygens (including phenoxy) is 1. The Kier molecular flexibility index (Phi) is 19.0. The topological polar surface area (TPSA) is 106 Å². The lowest BCUT2D eigenvalue weighted by molar-refractivity contribution is -0.193. The van der Waals surface area contributed by atoms with Crippen molar-refractivity contribution in [3.05, 3.63) is 65.7 Å². The zero-order valence-electron chi connectivity index (χ0n) is 23.7. The van der Waals surface area contributed by atoms with Crippen LogP contribution in [0.1, 0.15) is 38.3 Å². The number of halogens is 1. The molecular weight excluding hydrogens is 572 g/mol. The summed E-state index contributed by atoms with van der Waals surface area (Å²) in [6.45, 7) is 6.98. The number of hydrogen-bond donors (Lipinski definition) is 3. The first kappa shape index (κ1) is 36.2. The van der Waals surface area contributed by atoms with E-state index in [4.69, 9.17) is 14.0 Å². The maximum atomic E-state index is 13.3. The van der Waals surface area contributed by atoms with Crippen LogP contribution in [0.15, 0.2) is 54.6 Å². The van der Waals surface area contributed by atoms with Crippen LogP contribution in [0.25, 0.3) is 0 Å². The van der Waals surface area contributed by atoms with Gasteiger partial charge in [0.15, 0.2) is 5.12 Å². The van der Waals surface area contributed by atoms with E-state index in [1.807, 2.05) is 54.6 Å².